The van der Waals surface area contributed by atoms with E-state index in [0.29, 0.717) is 30.3 Å². The number of halogens is 1. The maximum Gasteiger partial charge on any atom is 0.244 e. The number of benzene rings is 1. The van der Waals surface area contributed by atoms with E-state index < -0.39 is 10.0 Å². The van der Waals surface area contributed by atoms with Crippen LogP contribution in [0, 0.1) is 5.92 Å². The highest BCUT2D eigenvalue weighted by atomic mass is 35.5. The third-order valence-corrected chi connectivity index (χ3v) is 5.04. The molecule has 0 radical (unpaired) electrons. The second-order valence-corrected chi connectivity index (χ2v) is 7.05. The molecule has 1 atom stereocenters. The predicted octanol–water partition coefficient (Wildman–Crippen LogP) is 1.12. The fourth-order valence-electron chi connectivity index (χ4n) is 2.26. The lowest BCUT2D eigenvalue weighted by atomic mass is 10.1. The van der Waals surface area contributed by atoms with Crippen molar-refractivity contribution in [2.75, 3.05) is 26.9 Å². The van der Waals surface area contributed by atoms with Crippen molar-refractivity contribution in [3.8, 4) is 5.75 Å². The number of rotatable bonds is 6. The van der Waals surface area contributed by atoms with Crippen LogP contribution in [0.1, 0.15) is 12.0 Å². The van der Waals surface area contributed by atoms with E-state index in [2.05, 4.69) is 4.72 Å². The van der Waals surface area contributed by atoms with E-state index in [0.717, 1.165) is 6.42 Å². The van der Waals surface area contributed by atoms with E-state index in [1.165, 1.54) is 13.2 Å². The predicted molar refractivity (Wildman–Crippen MR) is 80.0 cm³/mol. The van der Waals surface area contributed by atoms with E-state index in [4.69, 9.17) is 26.8 Å². The molecule has 1 unspecified atom stereocenters. The van der Waals surface area contributed by atoms with Crippen LogP contribution in [-0.2, 0) is 21.3 Å². The molecule has 2 rings (SSSR count). The van der Waals surface area contributed by atoms with Crippen LogP contribution >= 0.6 is 11.6 Å². The molecule has 0 bridgehead atoms. The average Bonchev–Trinajstić information content (AvgIpc) is 2.97. The summed E-state index contributed by atoms with van der Waals surface area (Å²) >= 11 is 5.97. The highest BCUT2D eigenvalue weighted by molar-refractivity contribution is 7.89. The molecule has 118 valence electrons. The first-order valence-electron chi connectivity index (χ1n) is 6.62. The van der Waals surface area contributed by atoms with Crippen molar-refractivity contribution in [1.82, 2.24) is 4.72 Å². The molecule has 3 N–H and O–H groups in total. The molecule has 21 heavy (non-hydrogen) atoms. The molecule has 0 saturated carbocycles. The standard InChI is InChI=1S/C13H19ClN2O4S/c1-19-13-10(6-15)4-11(14)5-12(13)21(17,18)16-7-9-2-3-20-8-9/h4-5,9,16H,2-3,6-8,15H2,1H3. The molecule has 1 aliphatic heterocycles. The van der Waals surface area contributed by atoms with Crippen molar-refractivity contribution in [1.29, 1.82) is 0 Å². The zero-order valence-electron chi connectivity index (χ0n) is 11.8. The quantitative estimate of drug-likeness (QED) is 0.813. The number of ether oxygens (including phenoxy) is 2. The Hall–Kier alpha value is -0.860. The lowest BCUT2D eigenvalue weighted by Gasteiger charge is -2.15. The molecule has 8 heteroatoms. The van der Waals surface area contributed by atoms with Crippen LogP contribution in [0.2, 0.25) is 5.02 Å². The fraction of sp³-hybridized carbons (Fsp3) is 0.538. The molecule has 1 aliphatic rings. The summed E-state index contributed by atoms with van der Waals surface area (Å²) in [5.74, 6) is 0.427. The van der Waals surface area contributed by atoms with Crippen LogP contribution in [0.4, 0.5) is 0 Å². The Bertz CT molecular complexity index is 600. The molecule has 1 aromatic rings. The second kappa shape index (κ2) is 6.93. The topological polar surface area (TPSA) is 90.7 Å². The van der Waals surface area contributed by atoms with E-state index in [1.54, 1.807) is 6.07 Å². The van der Waals surface area contributed by atoms with E-state index >= 15 is 0 Å². The van der Waals surface area contributed by atoms with Gasteiger partial charge in [0.2, 0.25) is 10.0 Å². The Morgan fingerprint density at radius 3 is 2.86 bits per heavy atom. The summed E-state index contributed by atoms with van der Waals surface area (Å²) in [6.45, 7) is 1.71. The Morgan fingerprint density at radius 2 is 2.29 bits per heavy atom. The Kier molecular flexibility index (Phi) is 5.45. The van der Waals surface area contributed by atoms with Crippen LogP contribution in [0.25, 0.3) is 0 Å². The van der Waals surface area contributed by atoms with Crippen molar-refractivity contribution in [3.63, 3.8) is 0 Å². The third kappa shape index (κ3) is 3.87. The highest BCUT2D eigenvalue weighted by Crippen LogP contribution is 2.31. The van der Waals surface area contributed by atoms with Gasteiger partial charge in [-0.05, 0) is 24.5 Å². The van der Waals surface area contributed by atoms with E-state index in [-0.39, 0.29) is 23.1 Å². The highest BCUT2D eigenvalue weighted by Gasteiger charge is 2.25. The van der Waals surface area contributed by atoms with Gasteiger partial charge in [0, 0.05) is 30.3 Å². The maximum atomic E-state index is 12.5. The molecular weight excluding hydrogens is 316 g/mol. The van der Waals surface area contributed by atoms with Crippen LogP contribution in [0.15, 0.2) is 17.0 Å². The van der Waals surface area contributed by atoms with Gasteiger partial charge in [0.1, 0.15) is 10.6 Å². The number of hydrogen-bond donors (Lipinski definition) is 2. The summed E-state index contributed by atoms with van der Waals surface area (Å²) in [6.07, 6.45) is 0.850. The van der Waals surface area contributed by atoms with Crippen molar-refractivity contribution >= 4 is 21.6 Å². The molecule has 1 saturated heterocycles. The van der Waals surface area contributed by atoms with Crippen molar-refractivity contribution in [3.05, 3.63) is 22.7 Å². The van der Waals surface area contributed by atoms with Gasteiger partial charge in [-0.15, -0.1) is 0 Å². The minimum absolute atomic E-state index is 0.0110. The molecule has 6 nitrogen and oxygen atoms in total. The first-order chi connectivity index (χ1) is 9.97. The number of nitrogens with two attached hydrogens (primary N) is 1. The Labute approximate surface area is 129 Å². The van der Waals surface area contributed by atoms with Crippen molar-refractivity contribution in [2.45, 2.75) is 17.9 Å². The van der Waals surface area contributed by atoms with Gasteiger partial charge < -0.3 is 15.2 Å². The van der Waals surface area contributed by atoms with Crippen LogP contribution in [-0.4, -0.2) is 35.3 Å². The summed E-state index contributed by atoms with van der Waals surface area (Å²) < 4.78 is 37.9. The molecule has 0 spiro atoms. The zero-order valence-corrected chi connectivity index (χ0v) is 13.3. The van der Waals surface area contributed by atoms with Gasteiger partial charge in [0.25, 0.3) is 0 Å². The molecule has 1 heterocycles. The van der Waals surface area contributed by atoms with Gasteiger partial charge in [0.05, 0.1) is 13.7 Å². The zero-order chi connectivity index (χ0) is 15.5. The number of nitrogens with one attached hydrogen (secondary N) is 1. The lowest BCUT2D eigenvalue weighted by molar-refractivity contribution is 0.186. The summed E-state index contributed by atoms with van der Waals surface area (Å²) in [4.78, 5) is 0.0110. The van der Waals surface area contributed by atoms with Gasteiger partial charge in [0.15, 0.2) is 0 Å². The molecular formula is C13H19ClN2O4S. The number of sulfonamides is 1. The van der Waals surface area contributed by atoms with Crippen molar-refractivity contribution < 1.29 is 17.9 Å². The van der Waals surface area contributed by atoms with Gasteiger partial charge in [-0.25, -0.2) is 13.1 Å². The Morgan fingerprint density at radius 1 is 1.52 bits per heavy atom. The molecule has 0 amide bonds. The minimum Gasteiger partial charge on any atom is -0.495 e. The normalized spacial score (nSPS) is 18.9. The van der Waals surface area contributed by atoms with Crippen molar-refractivity contribution in [2.24, 2.45) is 11.7 Å². The number of methoxy groups -OCH3 is 1. The summed E-state index contributed by atoms with van der Waals surface area (Å²) in [5.41, 5.74) is 6.16. The van der Waals surface area contributed by atoms with Gasteiger partial charge in [-0.3, -0.25) is 0 Å². The smallest absolute Gasteiger partial charge is 0.244 e. The first kappa shape index (κ1) is 16.5. The summed E-state index contributed by atoms with van der Waals surface area (Å²) in [6, 6.07) is 2.97. The summed E-state index contributed by atoms with van der Waals surface area (Å²) in [7, 11) is -2.31. The number of hydrogen-bond acceptors (Lipinski definition) is 5. The largest absolute Gasteiger partial charge is 0.495 e. The Balaban J connectivity index is 2.27. The third-order valence-electron chi connectivity index (χ3n) is 3.40. The SMILES string of the molecule is COc1c(CN)cc(Cl)cc1S(=O)(=O)NCC1CCOC1. The van der Waals surface area contributed by atoms with Crippen LogP contribution in [0.3, 0.4) is 0 Å². The molecule has 1 aromatic carbocycles. The maximum absolute atomic E-state index is 12.5. The van der Waals surface area contributed by atoms with Gasteiger partial charge in [-0.2, -0.15) is 0 Å². The van der Waals surface area contributed by atoms with Gasteiger partial charge in [-0.1, -0.05) is 11.6 Å². The first-order valence-corrected chi connectivity index (χ1v) is 8.48. The van der Waals surface area contributed by atoms with Crippen LogP contribution < -0.4 is 15.2 Å². The molecule has 0 aromatic heterocycles. The fourth-order valence-corrected chi connectivity index (χ4v) is 3.91. The van der Waals surface area contributed by atoms with Gasteiger partial charge >= 0.3 is 0 Å². The lowest BCUT2D eigenvalue weighted by Crippen LogP contribution is -2.30. The minimum atomic E-state index is -3.72. The average molecular weight is 335 g/mol. The van der Waals surface area contributed by atoms with Crippen LogP contribution in [0.5, 0.6) is 5.75 Å². The monoisotopic (exact) mass is 334 g/mol. The molecule has 1 fully saturated rings. The second-order valence-electron chi connectivity index (χ2n) is 4.88. The van der Waals surface area contributed by atoms with E-state index in [9.17, 15) is 8.42 Å². The summed E-state index contributed by atoms with van der Waals surface area (Å²) in [5, 5.41) is 0.306. The molecule has 0 aliphatic carbocycles. The van der Waals surface area contributed by atoms with E-state index in [1.807, 2.05) is 0 Å².